The van der Waals surface area contributed by atoms with Gasteiger partial charge in [-0.15, -0.1) is 0 Å². The third kappa shape index (κ3) is 6.25. The summed E-state index contributed by atoms with van der Waals surface area (Å²) in [4.78, 5) is 4.90. The normalized spacial score (nSPS) is 11.7. The Morgan fingerprint density at radius 1 is 1.00 bits per heavy atom. The largest absolute Gasteiger partial charge is 0.494 e. The van der Waals surface area contributed by atoms with Crippen LogP contribution in [0.15, 0.2) is 84.9 Å². The van der Waals surface area contributed by atoms with Gasteiger partial charge >= 0.3 is 0 Å². The molecule has 0 aliphatic carbocycles. The molecule has 0 aliphatic rings. The smallest absolute Gasteiger partial charge is 0.171 e. The van der Waals surface area contributed by atoms with E-state index in [2.05, 4.69) is 5.32 Å². The topological polar surface area (TPSA) is 93.2 Å². The Balaban J connectivity index is 1.85. The molecule has 0 saturated heterocycles. The van der Waals surface area contributed by atoms with Gasteiger partial charge in [0.2, 0.25) is 0 Å². The lowest BCUT2D eigenvalue weighted by Gasteiger charge is -2.24. The molecule has 0 amide bonds. The Kier molecular flexibility index (Phi) is 8.03. The molecule has 1 atom stereocenters. The van der Waals surface area contributed by atoms with Crippen LogP contribution in [0.4, 0.5) is 10.1 Å². The maximum absolute atomic E-state index is 16.0. The first-order valence-corrected chi connectivity index (χ1v) is 12.2. The predicted molar refractivity (Wildman–Crippen MR) is 146 cm³/mol. The number of hydrogen-bond acceptors (Lipinski definition) is 5. The van der Waals surface area contributed by atoms with Gasteiger partial charge in [0.05, 0.1) is 30.1 Å². The summed E-state index contributed by atoms with van der Waals surface area (Å²) in [5, 5.41) is 11.1. The van der Waals surface area contributed by atoms with Crippen LogP contribution in [0.5, 0.6) is 11.5 Å². The fraction of sp³-hybridized carbons (Fsp3) is 0.200. The van der Waals surface area contributed by atoms with Gasteiger partial charge in [0.1, 0.15) is 11.6 Å². The highest BCUT2D eigenvalue weighted by molar-refractivity contribution is 5.95. The lowest BCUT2D eigenvalue weighted by molar-refractivity contribution is 0.228. The summed E-state index contributed by atoms with van der Waals surface area (Å²) in [6.45, 7) is 6.01. The first-order chi connectivity index (χ1) is 17.9. The minimum atomic E-state index is -0.665. The number of ether oxygens (including phenoxy) is 2. The highest BCUT2D eigenvalue weighted by Crippen LogP contribution is 2.36. The van der Waals surface area contributed by atoms with Crippen molar-refractivity contribution in [2.24, 2.45) is 5.73 Å². The molecule has 37 heavy (non-hydrogen) atoms. The third-order valence-corrected chi connectivity index (χ3v) is 5.67. The van der Waals surface area contributed by atoms with Crippen LogP contribution < -0.4 is 20.5 Å². The van der Waals surface area contributed by atoms with Crippen molar-refractivity contribution < 1.29 is 13.9 Å². The van der Waals surface area contributed by atoms with Crippen molar-refractivity contribution in [3.05, 3.63) is 108 Å². The predicted octanol–water partition coefficient (Wildman–Crippen LogP) is 6.56. The molecule has 1 unspecified atom stereocenters. The maximum Gasteiger partial charge on any atom is 0.171 e. The zero-order valence-electron chi connectivity index (χ0n) is 21.2. The zero-order chi connectivity index (χ0) is 26.4. The highest BCUT2D eigenvalue weighted by atomic mass is 19.1. The van der Waals surface area contributed by atoms with Crippen molar-refractivity contribution in [1.29, 1.82) is 5.41 Å². The molecular weight excluding hydrogens is 467 g/mol. The van der Waals surface area contributed by atoms with Crippen molar-refractivity contribution in [3.8, 4) is 22.8 Å². The molecule has 4 rings (SSSR count). The average molecular weight is 499 g/mol. The quantitative estimate of drug-likeness (QED) is 0.170. The summed E-state index contributed by atoms with van der Waals surface area (Å²) < 4.78 is 27.6. The molecule has 4 aromatic rings. The summed E-state index contributed by atoms with van der Waals surface area (Å²) in [6.07, 6.45) is -0.218. The molecule has 0 bridgehead atoms. The third-order valence-electron chi connectivity index (χ3n) is 5.67. The number of pyridine rings is 1. The van der Waals surface area contributed by atoms with Crippen LogP contribution in [0.1, 0.15) is 43.6 Å². The van der Waals surface area contributed by atoms with Crippen molar-refractivity contribution in [1.82, 2.24) is 4.98 Å². The number of nitrogens with two attached hydrogens (primary N) is 1. The number of nitrogens with one attached hydrogen (secondary N) is 2. The Morgan fingerprint density at radius 2 is 1.73 bits per heavy atom. The second kappa shape index (κ2) is 11.6. The van der Waals surface area contributed by atoms with Gasteiger partial charge in [-0.25, -0.2) is 4.39 Å². The number of halogens is 1. The highest BCUT2D eigenvalue weighted by Gasteiger charge is 2.25. The van der Waals surface area contributed by atoms with Gasteiger partial charge in [0, 0.05) is 28.4 Å². The minimum absolute atomic E-state index is 0.0220. The van der Waals surface area contributed by atoms with Gasteiger partial charge in [-0.05, 0) is 63.2 Å². The summed E-state index contributed by atoms with van der Waals surface area (Å²) >= 11 is 0. The average Bonchev–Trinajstić information content (AvgIpc) is 2.90. The first-order valence-electron chi connectivity index (χ1n) is 12.2. The second-order valence-electron chi connectivity index (χ2n) is 8.81. The van der Waals surface area contributed by atoms with Gasteiger partial charge < -0.3 is 20.5 Å². The van der Waals surface area contributed by atoms with Gasteiger partial charge in [-0.2, -0.15) is 0 Å². The van der Waals surface area contributed by atoms with Crippen molar-refractivity contribution >= 4 is 11.5 Å². The van der Waals surface area contributed by atoms with E-state index in [0.717, 1.165) is 16.9 Å². The number of hydrogen-bond donors (Lipinski definition) is 3. The van der Waals surface area contributed by atoms with E-state index in [1.807, 2.05) is 69.3 Å². The number of nitrogen functional groups attached to an aromatic ring is 1. The fourth-order valence-corrected chi connectivity index (χ4v) is 4.00. The van der Waals surface area contributed by atoms with E-state index in [1.165, 1.54) is 0 Å². The molecule has 190 valence electrons. The summed E-state index contributed by atoms with van der Waals surface area (Å²) in [7, 11) is 0. The van der Waals surface area contributed by atoms with E-state index in [4.69, 9.17) is 25.6 Å². The Hall–Kier alpha value is -4.39. The van der Waals surface area contributed by atoms with Gasteiger partial charge in [0.25, 0.3) is 0 Å². The first kappa shape index (κ1) is 25.7. The van der Waals surface area contributed by atoms with Crippen LogP contribution in [-0.2, 0) is 0 Å². The molecule has 0 saturated carbocycles. The molecule has 0 fully saturated rings. The summed E-state index contributed by atoms with van der Waals surface area (Å²) in [5.41, 5.74) is 9.64. The monoisotopic (exact) mass is 498 g/mol. The molecule has 1 aromatic heterocycles. The Labute approximate surface area is 216 Å². The van der Waals surface area contributed by atoms with Crippen molar-refractivity contribution in [3.63, 3.8) is 0 Å². The molecule has 7 heteroatoms. The number of amidine groups is 1. The van der Waals surface area contributed by atoms with E-state index < -0.39 is 11.9 Å². The molecular formula is C30H31FN4O2. The molecule has 0 aliphatic heterocycles. The standard InChI is InChI=1S/C30H31FN4O2/c1-4-36-23-17-24(28(31)27(18-23)37-19(2)3)29(34-22-15-13-21(14-16-22)30(32)33)26-12-8-11-25(35-26)20-9-6-5-7-10-20/h5-19,29,34H,4H2,1-3H3,(H3,32,33). The molecule has 0 spiro atoms. The van der Waals surface area contributed by atoms with Gasteiger partial charge in [-0.3, -0.25) is 10.4 Å². The van der Waals surface area contributed by atoms with Crippen LogP contribution in [-0.4, -0.2) is 23.5 Å². The molecule has 6 nitrogen and oxygen atoms in total. The lowest BCUT2D eigenvalue weighted by atomic mass is 9.99. The van der Waals surface area contributed by atoms with Gasteiger partial charge in [-0.1, -0.05) is 36.4 Å². The number of anilines is 1. The van der Waals surface area contributed by atoms with Gasteiger partial charge in [0.15, 0.2) is 11.6 Å². The maximum atomic E-state index is 16.0. The lowest BCUT2D eigenvalue weighted by Crippen LogP contribution is -2.18. The van der Waals surface area contributed by atoms with Crippen molar-refractivity contribution in [2.75, 3.05) is 11.9 Å². The molecule has 3 aromatic carbocycles. The fourth-order valence-electron chi connectivity index (χ4n) is 4.00. The van der Waals surface area contributed by atoms with Crippen LogP contribution in [0.3, 0.4) is 0 Å². The zero-order valence-corrected chi connectivity index (χ0v) is 21.2. The van der Waals surface area contributed by atoms with E-state index in [9.17, 15) is 0 Å². The summed E-state index contributed by atoms with van der Waals surface area (Å²) in [5.74, 6) is 0.120. The molecule has 4 N–H and O–H groups in total. The number of benzene rings is 3. The number of nitrogens with zero attached hydrogens (tertiary/aromatic N) is 1. The van der Waals surface area contributed by atoms with Crippen molar-refractivity contribution in [2.45, 2.75) is 32.9 Å². The van der Waals surface area contributed by atoms with Crippen LogP contribution >= 0.6 is 0 Å². The van der Waals surface area contributed by atoms with E-state index in [1.54, 1.807) is 36.4 Å². The van der Waals surface area contributed by atoms with Crippen LogP contribution in [0.25, 0.3) is 11.3 Å². The van der Waals surface area contributed by atoms with E-state index in [-0.39, 0.29) is 17.7 Å². The Bertz CT molecular complexity index is 1360. The summed E-state index contributed by atoms with van der Waals surface area (Å²) in [6, 6.07) is 25.2. The minimum Gasteiger partial charge on any atom is -0.494 e. The number of aromatic nitrogens is 1. The second-order valence-corrected chi connectivity index (χ2v) is 8.81. The Morgan fingerprint density at radius 3 is 2.38 bits per heavy atom. The van der Waals surface area contributed by atoms with E-state index in [0.29, 0.717) is 29.2 Å². The number of rotatable bonds is 10. The van der Waals surface area contributed by atoms with Crippen LogP contribution in [0, 0.1) is 11.2 Å². The van der Waals surface area contributed by atoms with E-state index >= 15 is 4.39 Å². The molecule has 0 radical (unpaired) electrons. The SMILES string of the molecule is CCOc1cc(OC(C)C)c(F)c(C(Nc2ccc(C(=N)N)cc2)c2cccc(-c3ccccc3)n2)c1. The molecule has 1 heterocycles. The van der Waals surface area contributed by atoms with Crippen LogP contribution in [0.2, 0.25) is 0 Å².